The van der Waals surface area contributed by atoms with Crippen molar-refractivity contribution in [2.45, 2.75) is 39.5 Å². The summed E-state index contributed by atoms with van der Waals surface area (Å²) in [6.07, 6.45) is 2.26. The molecule has 1 aliphatic heterocycles. The molecule has 0 radical (unpaired) electrons. The van der Waals surface area contributed by atoms with E-state index in [1.807, 2.05) is 50.2 Å². The van der Waals surface area contributed by atoms with E-state index in [-0.39, 0.29) is 5.91 Å². The van der Waals surface area contributed by atoms with E-state index in [2.05, 4.69) is 24.0 Å². The average molecular weight is 446 g/mol. The van der Waals surface area contributed by atoms with Crippen LogP contribution in [0.1, 0.15) is 23.6 Å². The van der Waals surface area contributed by atoms with Gasteiger partial charge in [-0.3, -0.25) is 14.7 Å². The Morgan fingerprint density at radius 2 is 1.88 bits per heavy atom. The predicted octanol–water partition coefficient (Wildman–Crippen LogP) is 5.07. The predicted molar refractivity (Wildman–Crippen MR) is 125 cm³/mol. The number of amides is 1. The van der Waals surface area contributed by atoms with Gasteiger partial charge in [-0.15, -0.1) is 0 Å². The van der Waals surface area contributed by atoms with Crippen molar-refractivity contribution in [3.63, 3.8) is 0 Å². The molecule has 0 fully saturated rings. The topological polar surface area (TPSA) is 64.6 Å². The van der Waals surface area contributed by atoms with Gasteiger partial charge in [-0.25, -0.2) is 4.98 Å². The highest BCUT2D eigenvalue weighted by molar-refractivity contribution is 7.22. The Balaban J connectivity index is 1.54. The fraction of sp³-hybridized carbons (Fsp3) is 0.240. The lowest BCUT2D eigenvalue weighted by Crippen LogP contribution is -2.50. The van der Waals surface area contributed by atoms with Crippen molar-refractivity contribution < 1.29 is 14.3 Å². The number of aromatic nitrogens is 2. The maximum atomic E-state index is 13.8. The molecule has 32 heavy (non-hydrogen) atoms. The van der Waals surface area contributed by atoms with Gasteiger partial charge in [-0.2, -0.15) is 0 Å². The number of hydrogen-bond donors (Lipinski definition) is 0. The van der Waals surface area contributed by atoms with Gasteiger partial charge in [0, 0.05) is 12.4 Å². The van der Waals surface area contributed by atoms with Crippen LogP contribution in [0.15, 0.2) is 60.9 Å². The van der Waals surface area contributed by atoms with Crippen molar-refractivity contribution in [1.82, 2.24) is 9.97 Å². The highest BCUT2D eigenvalue weighted by atomic mass is 32.1. The largest absolute Gasteiger partial charge is 0.482 e. The molecule has 7 heteroatoms. The maximum absolute atomic E-state index is 13.8. The van der Waals surface area contributed by atoms with Crippen molar-refractivity contribution in [1.29, 1.82) is 0 Å². The van der Waals surface area contributed by atoms with Gasteiger partial charge >= 0.3 is 0 Å². The molecule has 0 saturated carbocycles. The number of para-hydroxylation sites is 2. The summed E-state index contributed by atoms with van der Waals surface area (Å²) in [7, 11) is 0. The first-order valence-corrected chi connectivity index (χ1v) is 11.3. The molecule has 4 aromatic rings. The Morgan fingerprint density at radius 1 is 1.09 bits per heavy atom. The smallest absolute Gasteiger partial charge is 0.274 e. The molecule has 2 unspecified atom stereocenters. The number of fused-ring (bicyclic) bond motifs is 2. The minimum Gasteiger partial charge on any atom is -0.482 e. The lowest BCUT2D eigenvalue weighted by molar-refractivity contribution is -0.130. The molecule has 2 aromatic carbocycles. The third-order valence-electron chi connectivity index (χ3n) is 5.46. The summed E-state index contributed by atoms with van der Waals surface area (Å²) in [5, 5.41) is 0.636. The number of nitrogens with zero attached hydrogens (tertiary/aromatic N) is 3. The lowest BCUT2D eigenvalue weighted by atomic mass is 10.1. The van der Waals surface area contributed by atoms with E-state index in [0.29, 0.717) is 23.2 Å². The second-order valence-electron chi connectivity index (χ2n) is 8.02. The monoisotopic (exact) mass is 445 g/mol. The van der Waals surface area contributed by atoms with Crippen LogP contribution in [0, 0.1) is 13.8 Å². The highest BCUT2D eigenvalue weighted by Gasteiger charge is 2.38. The molecule has 0 saturated heterocycles. The van der Waals surface area contributed by atoms with Crippen LogP contribution in [0.25, 0.3) is 10.2 Å². The molecule has 162 valence electrons. The molecular formula is C25H23N3O3S. The summed E-state index contributed by atoms with van der Waals surface area (Å²) in [6, 6.07) is 15.4. The molecular weight excluding hydrogens is 422 g/mol. The van der Waals surface area contributed by atoms with Crippen LogP contribution < -0.4 is 14.4 Å². The van der Waals surface area contributed by atoms with Crippen LogP contribution >= 0.6 is 11.3 Å². The molecule has 0 spiro atoms. The Bertz CT molecular complexity index is 1290. The summed E-state index contributed by atoms with van der Waals surface area (Å²) in [6.45, 7) is 6.31. The zero-order valence-corrected chi connectivity index (χ0v) is 18.9. The first-order chi connectivity index (χ1) is 15.5. The number of rotatable bonds is 4. The second-order valence-corrected chi connectivity index (χ2v) is 9.03. The molecule has 0 N–H and O–H groups in total. The molecule has 5 rings (SSSR count). The van der Waals surface area contributed by atoms with Gasteiger partial charge < -0.3 is 9.47 Å². The van der Waals surface area contributed by atoms with Gasteiger partial charge in [0.1, 0.15) is 6.10 Å². The number of hydrogen-bond acceptors (Lipinski definition) is 6. The molecule has 2 aromatic heterocycles. The number of anilines is 1. The molecule has 2 atom stereocenters. The van der Waals surface area contributed by atoms with Crippen molar-refractivity contribution in [2.24, 2.45) is 0 Å². The number of carbonyl (C=O) groups excluding carboxylic acids is 1. The van der Waals surface area contributed by atoms with Gasteiger partial charge in [0.15, 0.2) is 16.6 Å². The summed E-state index contributed by atoms with van der Waals surface area (Å²) in [5.41, 5.74) is 4.09. The third-order valence-corrected chi connectivity index (χ3v) is 6.49. The lowest BCUT2D eigenvalue weighted by Gasteiger charge is -2.33. The summed E-state index contributed by atoms with van der Waals surface area (Å²) in [4.78, 5) is 24.6. The minimum atomic E-state index is -0.781. The number of ether oxygens (including phenoxy) is 2. The van der Waals surface area contributed by atoms with Crippen LogP contribution in [-0.2, 0) is 11.3 Å². The van der Waals surface area contributed by atoms with E-state index in [4.69, 9.17) is 14.5 Å². The zero-order valence-electron chi connectivity index (χ0n) is 18.1. The number of thiazole rings is 1. The first kappa shape index (κ1) is 20.5. The zero-order chi connectivity index (χ0) is 22.2. The molecule has 0 bridgehead atoms. The Morgan fingerprint density at radius 3 is 2.62 bits per heavy atom. The summed E-state index contributed by atoms with van der Waals surface area (Å²) < 4.78 is 13.2. The first-order valence-electron chi connectivity index (χ1n) is 10.5. The van der Waals surface area contributed by atoms with E-state index in [1.54, 1.807) is 17.3 Å². The van der Waals surface area contributed by atoms with Crippen LogP contribution in [0.5, 0.6) is 11.5 Å². The Kier molecular flexibility index (Phi) is 5.27. The van der Waals surface area contributed by atoms with Crippen LogP contribution in [0.4, 0.5) is 5.13 Å². The van der Waals surface area contributed by atoms with Gasteiger partial charge in [-0.05, 0) is 61.7 Å². The normalized spacial score (nSPS) is 17.3. The molecule has 0 aliphatic carbocycles. The second kappa shape index (κ2) is 8.24. The maximum Gasteiger partial charge on any atom is 0.274 e. The van der Waals surface area contributed by atoms with E-state index >= 15 is 0 Å². The number of aryl methyl sites for hydroxylation is 2. The SMILES string of the molecule is Cc1cc(C)c2nc(N(Cc3cccnc3)C(=O)C3Oc4ccccc4OC3C)sc2c1. The minimum absolute atomic E-state index is 0.190. The van der Waals surface area contributed by atoms with E-state index in [0.717, 1.165) is 21.3 Å². The fourth-order valence-corrected chi connectivity index (χ4v) is 5.08. The van der Waals surface area contributed by atoms with E-state index < -0.39 is 12.2 Å². The van der Waals surface area contributed by atoms with Gasteiger partial charge in [0.2, 0.25) is 6.10 Å². The van der Waals surface area contributed by atoms with Crippen LogP contribution in [0.3, 0.4) is 0 Å². The third kappa shape index (κ3) is 3.80. The highest BCUT2D eigenvalue weighted by Crippen LogP contribution is 2.36. The van der Waals surface area contributed by atoms with Gasteiger partial charge in [-0.1, -0.05) is 35.6 Å². The van der Waals surface area contributed by atoms with Crippen molar-refractivity contribution in [2.75, 3.05) is 4.90 Å². The fourth-order valence-electron chi connectivity index (χ4n) is 3.93. The summed E-state index contributed by atoms with van der Waals surface area (Å²) in [5.74, 6) is 1.03. The average Bonchev–Trinajstić information content (AvgIpc) is 3.21. The van der Waals surface area contributed by atoms with Crippen molar-refractivity contribution in [3.05, 3.63) is 77.6 Å². The number of pyridine rings is 1. The molecule has 1 aliphatic rings. The van der Waals surface area contributed by atoms with Crippen molar-refractivity contribution in [3.8, 4) is 11.5 Å². The van der Waals surface area contributed by atoms with E-state index in [9.17, 15) is 4.79 Å². The Labute approximate surface area is 190 Å². The number of carbonyl (C=O) groups is 1. The Hall–Kier alpha value is -3.45. The molecule has 3 heterocycles. The quantitative estimate of drug-likeness (QED) is 0.439. The van der Waals surface area contributed by atoms with Crippen LogP contribution in [0.2, 0.25) is 0 Å². The van der Waals surface area contributed by atoms with Crippen LogP contribution in [-0.4, -0.2) is 28.1 Å². The summed E-state index contributed by atoms with van der Waals surface area (Å²) >= 11 is 1.51. The standard InChI is InChI=1S/C25H23N3O3S/c1-15-11-16(2)22-21(12-15)32-25(27-22)28(14-18-7-6-10-26-13-18)24(29)23-17(3)30-19-8-4-5-9-20(19)31-23/h4-13,17,23H,14H2,1-3H3. The van der Waals surface area contributed by atoms with Gasteiger partial charge in [0.05, 0.1) is 16.8 Å². The molecule has 6 nitrogen and oxygen atoms in total. The van der Waals surface area contributed by atoms with Gasteiger partial charge in [0.25, 0.3) is 5.91 Å². The molecule has 1 amide bonds. The number of benzene rings is 2. The van der Waals surface area contributed by atoms with E-state index in [1.165, 1.54) is 16.9 Å². The van der Waals surface area contributed by atoms with Crippen molar-refractivity contribution >= 4 is 32.6 Å².